The van der Waals surface area contributed by atoms with Crippen molar-refractivity contribution < 1.29 is 17.9 Å². The van der Waals surface area contributed by atoms with Crippen LogP contribution < -0.4 is 13.8 Å². The first-order valence-electron chi connectivity index (χ1n) is 8.58. The summed E-state index contributed by atoms with van der Waals surface area (Å²) in [4.78, 5) is 0.241. The second-order valence-electron chi connectivity index (χ2n) is 6.47. The van der Waals surface area contributed by atoms with Gasteiger partial charge in [0, 0.05) is 19.0 Å². The van der Waals surface area contributed by atoms with Crippen LogP contribution in [0.1, 0.15) is 24.0 Å². The Kier molecular flexibility index (Phi) is 4.07. The molecule has 25 heavy (non-hydrogen) atoms. The molecule has 0 saturated heterocycles. The number of rotatable bonds is 2. The van der Waals surface area contributed by atoms with Crippen molar-refractivity contribution in [3.05, 3.63) is 47.5 Å². The van der Waals surface area contributed by atoms with E-state index in [0.29, 0.717) is 31.3 Å². The van der Waals surface area contributed by atoms with Gasteiger partial charge < -0.3 is 9.47 Å². The zero-order valence-corrected chi connectivity index (χ0v) is 15.0. The Hall–Kier alpha value is -2.21. The fourth-order valence-electron chi connectivity index (χ4n) is 3.37. The maximum atomic E-state index is 13.2. The van der Waals surface area contributed by atoms with Crippen LogP contribution >= 0.6 is 0 Å². The molecule has 6 heteroatoms. The van der Waals surface area contributed by atoms with Gasteiger partial charge in [0.1, 0.15) is 0 Å². The fraction of sp³-hybridized carbons (Fsp3) is 0.368. The van der Waals surface area contributed by atoms with Crippen LogP contribution in [0.5, 0.6) is 11.5 Å². The molecule has 0 atom stereocenters. The summed E-state index contributed by atoms with van der Waals surface area (Å²) in [7, 11) is -3.64. The molecule has 4 rings (SSSR count). The highest BCUT2D eigenvalue weighted by atomic mass is 32.2. The molecule has 132 valence electrons. The summed E-state index contributed by atoms with van der Waals surface area (Å²) in [5.41, 5.74) is 3.02. The summed E-state index contributed by atoms with van der Waals surface area (Å²) in [6.45, 7) is 3.63. The molecular weight excluding hydrogens is 338 g/mol. The minimum atomic E-state index is -3.64. The van der Waals surface area contributed by atoms with Crippen molar-refractivity contribution >= 4 is 15.7 Å². The van der Waals surface area contributed by atoms with Crippen molar-refractivity contribution in [2.45, 2.75) is 31.1 Å². The van der Waals surface area contributed by atoms with E-state index in [1.807, 2.05) is 19.1 Å². The SMILES string of the molecule is Cc1ccc2c(c1)CCCN2S(=O)(=O)c1ccc2c(c1)OCCCO2. The predicted octanol–water partition coefficient (Wildman–Crippen LogP) is 3.30. The third kappa shape index (κ3) is 2.95. The van der Waals surface area contributed by atoms with Crippen molar-refractivity contribution in [2.75, 3.05) is 24.1 Å². The average Bonchev–Trinajstić information content (AvgIpc) is 2.85. The lowest BCUT2D eigenvalue weighted by molar-refractivity contribution is 0.297. The maximum absolute atomic E-state index is 13.2. The van der Waals surface area contributed by atoms with Gasteiger partial charge in [0.05, 0.1) is 23.8 Å². The molecule has 5 nitrogen and oxygen atoms in total. The summed E-state index contributed by atoms with van der Waals surface area (Å²) >= 11 is 0. The first-order valence-corrected chi connectivity index (χ1v) is 10.0. The van der Waals surface area contributed by atoms with Gasteiger partial charge in [-0.2, -0.15) is 0 Å². The van der Waals surface area contributed by atoms with Crippen LogP contribution in [0.3, 0.4) is 0 Å². The summed E-state index contributed by atoms with van der Waals surface area (Å²) in [5, 5.41) is 0. The van der Waals surface area contributed by atoms with Crippen molar-refractivity contribution in [3.8, 4) is 11.5 Å². The maximum Gasteiger partial charge on any atom is 0.264 e. The van der Waals surface area contributed by atoms with Crippen LogP contribution in [-0.4, -0.2) is 28.2 Å². The summed E-state index contributed by atoms with van der Waals surface area (Å²) < 4.78 is 39.2. The van der Waals surface area contributed by atoms with Gasteiger partial charge in [-0.25, -0.2) is 8.42 Å². The highest BCUT2D eigenvalue weighted by molar-refractivity contribution is 7.92. The smallest absolute Gasteiger partial charge is 0.264 e. The van der Waals surface area contributed by atoms with E-state index in [-0.39, 0.29) is 4.90 Å². The molecule has 0 radical (unpaired) electrons. The summed E-state index contributed by atoms with van der Waals surface area (Å²) in [5.74, 6) is 1.10. The van der Waals surface area contributed by atoms with Gasteiger partial charge in [-0.15, -0.1) is 0 Å². The van der Waals surface area contributed by atoms with E-state index in [4.69, 9.17) is 9.47 Å². The third-order valence-electron chi connectivity index (χ3n) is 4.62. The minimum Gasteiger partial charge on any atom is -0.490 e. The number of benzene rings is 2. The first-order chi connectivity index (χ1) is 12.1. The first kappa shape index (κ1) is 16.3. The number of hydrogen-bond donors (Lipinski definition) is 0. The second kappa shape index (κ2) is 6.26. The number of hydrogen-bond acceptors (Lipinski definition) is 4. The van der Waals surface area contributed by atoms with Gasteiger partial charge in [0.15, 0.2) is 11.5 Å². The Balaban J connectivity index is 1.75. The molecule has 2 heterocycles. The highest BCUT2D eigenvalue weighted by Crippen LogP contribution is 2.36. The molecule has 0 spiro atoms. The number of ether oxygens (including phenoxy) is 2. The molecule has 2 aliphatic rings. The van der Waals surface area contributed by atoms with Gasteiger partial charge in [0.2, 0.25) is 0 Å². The van der Waals surface area contributed by atoms with E-state index in [1.54, 1.807) is 18.2 Å². The minimum absolute atomic E-state index is 0.241. The second-order valence-corrected chi connectivity index (χ2v) is 8.33. The van der Waals surface area contributed by atoms with E-state index in [2.05, 4.69) is 6.07 Å². The van der Waals surface area contributed by atoms with Crippen LogP contribution in [0.2, 0.25) is 0 Å². The van der Waals surface area contributed by atoms with Crippen molar-refractivity contribution in [1.82, 2.24) is 0 Å². The molecular formula is C19H21NO4S. The van der Waals surface area contributed by atoms with Gasteiger partial charge in [-0.3, -0.25) is 4.31 Å². The zero-order chi connectivity index (χ0) is 17.4. The molecule has 0 N–H and O–H groups in total. The van der Waals surface area contributed by atoms with Crippen molar-refractivity contribution in [3.63, 3.8) is 0 Å². The molecule has 0 amide bonds. The number of sulfonamides is 1. The number of fused-ring (bicyclic) bond motifs is 2. The van der Waals surface area contributed by atoms with E-state index < -0.39 is 10.0 Å². The standard InChI is InChI=1S/C19H21NO4S/c1-14-5-7-17-15(12-14)4-2-9-20(17)25(21,22)16-6-8-18-19(13-16)24-11-3-10-23-18/h5-8,12-13H,2-4,9-11H2,1H3. The van der Waals surface area contributed by atoms with Crippen LogP contribution in [0.4, 0.5) is 5.69 Å². The average molecular weight is 359 g/mol. The predicted molar refractivity (Wildman–Crippen MR) is 96.1 cm³/mol. The fourth-order valence-corrected chi connectivity index (χ4v) is 4.93. The molecule has 0 bridgehead atoms. The number of anilines is 1. The molecule has 2 aliphatic heterocycles. The molecule has 0 unspecified atom stereocenters. The molecule has 2 aromatic carbocycles. The van der Waals surface area contributed by atoms with Gasteiger partial charge in [0.25, 0.3) is 10.0 Å². The Morgan fingerprint density at radius 1 is 0.960 bits per heavy atom. The lowest BCUT2D eigenvalue weighted by Gasteiger charge is -2.31. The lowest BCUT2D eigenvalue weighted by atomic mass is 10.0. The Bertz CT molecular complexity index is 908. The third-order valence-corrected chi connectivity index (χ3v) is 6.43. The zero-order valence-electron chi connectivity index (χ0n) is 14.2. The van der Waals surface area contributed by atoms with Gasteiger partial charge in [-0.05, 0) is 43.5 Å². The van der Waals surface area contributed by atoms with Crippen molar-refractivity contribution in [1.29, 1.82) is 0 Å². The Morgan fingerprint density at radius 3 is 2.60 bits per heavy atom. The number of aryl methyl sites for hydroxylation is 2. The van der Waals surface area contributed by atoms with E-state index in [9.17, 15) is 8.42 Å². The van der Waals surface area contributed by atoms with E-state index >= 15 is 0 Å². The highest BCUT2D eigenvalue weighted by Gasteiger charge is 2.30. The lowest BCUT2D eigenvalue weighted by Crippen LogP contribution is -2.35. The number of nitrogens with zero attached hydrogens (tertiary/aromatic N) is 1. The monoisotopic (exact) mass is 359 g/mol. The van der Waals surface area contributed by atoms with E-state index in [1.165, 1.54) is 4.31 Å². The quantitative estimate of drug-likeness (QED) is 0.826. The van der Waals surface area contributed by atoms with E-state index in [0.717, 1.165) is 36.1 Å². The molecule has 0 aromatic heterocycles. The van der Waals surface area contributed by atoms with Gasteiger partial charge >= 0.3 is 0 Å². The Morgan fingerprint density at radius 2 is 1.76 bits per heavy atom. The summed E-state index contributed by atoms with van der Waals surface area (Å²) in [6.07, 6.45) is 2.51. The van der Waals surface area contributed by atoms with Crippen LogP contribution in [0.15, 0.2) is 41.3 Å². The van der Waals surface area contributed by atoms with Gasteiger partial charge in [-0.1, -0.05) is 17.7 Å². The van der Waals surface area contributed by atoms with Crippen LogP contribution in [0, 0.1) is 6.92 Å². The molecule has 0 aliphatic carbocycles. The van der Waals surface area contributed by atoms with Crippen LogP contribution in [-0.2, 0) is 16.4 Å². The van der Waals surface area contributed by atoms with Crippen molar-refractivity contribution in [2.24, 2.45) is 0 Å². The topological polar surface area (TPSA) is 55.8 Å². The Labute approximate surface area is 148 Å². The molecule has 0 saturated carbocycles. The molecule has 2 aromatic rings. The largest absolute Gasteiger partial charge is 0.490 e. The molecule has 0 fully saturated rings. The normalized spacial score (nSPS) is 16.9. The summed E-state index contributed by atoms with van der Waals surface area (Å²) in [6, 6.07) is 10.8. The van der Waals surface area contributed by atoms with Crippen LogP contribution in [0.25, 0.3) is 0 Å².